The van der Waals surface area contributed by atoms with Gasteiger partial charge in [-0.25, -0.2) is 0 Å². The van der Waals surface area contributed by atoms with Crippen molar-refractivity contribution in [3.8, 4) is 0 Å². The number of piperidine rings is 1. The fourth-order valence-electron chi connectivity index (χ4n) is 3.20. The largest absolute Gasteiger partial charge is 0.381 e. The van der Waals surface area contributed by atoms with Crippen molar-refractivity contribution in [2.75, 3.05) is 31.6 Å². The maximum absolute atomic E-state index is 5.49. The van der Waals surface area contributed by atoms with Crippen LogP contribution in [0.5, 0.6) is 0 Å². The first-order valence-corrected chi connectivity index (χ1v) is 8.40. The molecule has 3 nitrogen and oxygen atoms in total. The second-order valence-electron chi connectivity index (χ2n) is 5.90. The Morgan fingerprint density at radius 1 is 1.24 bits per heavy atom. The van der Waals surface area contributed by atoms with Gasteiger partial charge in [0.25, 0.3) is 0 Å². The van der Waals surface area contributed by atoms with E-state index < -0.39 is 0 Å². The van der Waals surface area contributed by atoms with Gasteiger partial charge in [0.1, 0.15) is 0 Å². The molecule has 1 aromatic rings. The van der Waals surface area contributed by atoms with Gasteiger partial charge in [-0.3, -0.25) is 0 Å². The van der Waals surface area contributed by atoms with Crippen LogP contribution in [0.1, 0.15) is 51.1 Å². The SMILES string of the molecule is CCCNC(CC)c1ccccc1N1CCC(OC)CC1. The quantitative estimate of drug-likeness (QED) is 0.827. The van der Waals surface area contributed by atoms with Crippen LogP contribution in [0.15, 0.2) is 24.3 Å². The first-order chi connectivity index (χ1) is 10.3. The molecule has 1 heterocycles. The maximum Gasteiger partial charge on any atom is 0.0605 e. The van der Waals surface area contributed by atoms with Crippen LogP contribution in [0.2, 0.25) is 0 Å². The lowest BCUT2D eigenvalue weighted by molar-refractivity contribution is 0.0819. The van der Waals surface area contributed by atoms with Gasteiger partial charge < -0.3 is 15.0 Å². The van der Waals surface area contributed by atoms with Crippen molar-refractivity contribution in [2.45, 2.75) is 51.7 Å². The number of ether oxygens (including phenoxy) is 1. The zero-order chi connectivity index (χ0) is 15.1. The van der Waals surface area contributed by atoms with Crippen molar-refractivity contribution >= 4 is 5.69 Å². The van der Waals surface area contributed by atoms with E-state index in [1.165, 1.54) is 17.7 Å². The third-order valence-corrected chi connectivity index (χ3v) is 4.48. The molecule has 1 aliphatic rings. The first kappa shape index (κ1) is 16.3. The third kappa shape index (κ3) is 4.21. The predicted octanol–water partition coefficient (Wildman–Crippen LogP) is 3.75. The second kappa shape index (κ2) is 8.40. The molecule has 1 atom stereocenters. The monoisotopic (exact) mass is 290 g/mol. The van der Waals surface area contributed by atoms with Gasteiger partial charge in [-0.15, -0.1) is 0 Å². The molecule has 0 aliphatic carbocycles. The molecule has 0 amide bonds. The molecular weight excluding hydrogens is 260 g/mol. The van der Waals surface area contributed by atoms with E-state index in [0.717, 1.165) is 38.9 Å². The van der Waals surface area contributed by atoms with Crippen LogP contribution in [0.4, 0.5) is 5.69 Å². The van der Waals surface area contributed by atoms with Crippen molar-refractivity contribution in [1.29, 1.82) is 0 Å². The number of anilines is 1. The molecule has 21 heavy (non-hydrogen) atoms. The number of hydrogen-bond acceptors (Lipinski definition) is 3. The number of nitrogens with one attached hydrogen (secondary N) is 1. The molecule has 0 radical (unpaired) electrons. The number of para-hydroxylation sites is 1. The highest BCUT2D eigenvalue weighted by Crippen LogP contribution is 2.30. The first-order valence-electron chi connectivity index (χ1n) is 8.40. The summed E-state index contributed by atoms with van der Waals surface area (Å²) in [6, 6.07) is 9.35. The summed E-state index contributed by atoms with van der Waals surface area (Å²) in [6.45, 7) is 7.76. The van der Waals surface area contributed by atoms with E-state index in [1.54, 1.807) is 0 Å². The van der Waals surface area contributed by atoms with Crippen LogP contribution >= 0.6 is 0 Å². The molecule has 0 aromatic heterocycles. The van der Waals surface area contributed by atoms with Gasteiger partial charge in [0, 0.05) is 31.9 Å². The third-order valence-electron chi connectivity index (χ3n) is 4.48. The number of benzene rings is 1. The number of hydrogen-bond donors (Lipinski definition) is 1. The summed E-state index contributed by atoms with van der Waals surface area (Å²) < 4.78 is 5.49. The highest BCUT2D eigenvalue weighted by molar-refractivity contribution is 5.55. The Bertz CT molecular complexity index is 413. The molecule has 0 spiro atoms. The summed E-state index contributed by atoms with van der Waals surface area (Å²) in [6.07, 6.45) is 5.01. The molecule has 2 rings (SSSR count). The maximum atomic E-state index is 5.49. The predicted molar refractivity (Wildman–Crippen MR) is 90.0 cm³/mol. The van der Waals surface area contributed by atoms with E-state index in [4.69, 9.17) is 4.74 Å². The zero-order valence-corrected chi connectivity index (χ0v) is 13.8. The Morgan fingerprint density at radius 3 is 2.57 bits per heavy atom. The molecule has 1 aromatic carbocycles. The summed E-state index contributed by atoms with van der Waals surface area (Å²) in [5.74, 6) is 0. The van der Waals surface area contributed by atoms with Gasteiger partial charge in [0.05, 0.1) is 6.10 Å². The van der Waals surface area contributed by atoms with Crippen LogP contribution in [-0.4, -0.2) is 32.8 Å². The molecule has 0 bridgehead atoms. The van der Waals surface area contributed by atoms with Gasteiger partial charge in [0.15, 0.2) is 0 Å². The number of rotatable bonds is 7. The fourth-order valence-corrected chi connectivity index (χ4v) is 3.20. The highest BCUT2D eigenvalue weighted by atomic mass is 16.5. The Kier molecular flexibility index (Phi) is 6.52. The Labute approximate surface area is 129 Å². The number of methoxy groups -OCH3 is 1. The van der Waals surface area contributed by atoms with Gasteiger partial charge in [-0.2, -0.15) is 0 Å². The standard InChI is InChI=1S/C18H30N2O/c1-4-12-19-17(5-2)16-8-6-7-9-18(16)20-13-10-15(21-3)11-14-20/h6-9,15,17,19H,4-5,10-14H2,1-3H3. The highest BCUT2D eigenvalue weighted by Gasteiger charge is 2.22. The molecule has 1 fully saturated rings. The van der Waals surface area contributed by atoms with E-state index in [9.17, 15) is 0 Å². The van der Waals surface area contributed by atoms with Crippen molar-refractivity contribution in [1.82, 2.24) is 5.32 Å². The molecule has 118 valence electrons. The van der Waals surface area contributed by atoms with Crippen LogP contribution < -0.4 is 10.2 Å². The van der Waals surface area contributed by atoms with Crippen molar-refractivity contribution in [3.63, 3.8) is 0 Å². The van der Waals surface area contributed by atoms with Gasteiger partial charge >= 0.3 is 0 Å². The normalized spacial score (nSPS) is 18.0. The molecule has 3 heteroatoms. The summed E-state index contributed by atoms with van der Waals surface area (Å²) in [4.78, 5) is 2.53. The second-order valence-corrected chi connectivity index (χ2v) is 5.90. The van der Waals surface area contributed by atoms with Crippen LogP contribution in [0.25, 0.3) is 0 Å². The topological polar surface area (TPSA) is 24.5 Å². The van der Waals surface area contributed by atoms with Crippen molar-refractivity contribution < 1.29 is 4.74 Å². The van der Waals surface area contributed by atoms with Crippen molar-refractivity contribution in [3.05, 3.63) is 29.8 Å². The van der Waals surface area contributed by atoms with Gasteiger partial charge in [-0.1, -0.05) is 32.0 Å². The summed E-state index contributed by atoms with van der Waals surface area (Å²) >= 11 is 0. The minimum atomic E-state index is 0.439. The van der Waals surface area contributed by atoms with E-state index in [1.807, 2.05) is 7.11 Å². The van der Waals surface area contributed by atoms with E-state index >= 15 is 0 Å². The van der Waals surface area contributed by atoms with Crippen molar-refractivity contribution in [2.24, 2.45) is 0 Å². The minimum absolute atomic E-state index is 0.439. The number of nitrogens with zero attached hydrogens (tertiary/aromatic N) is 1. The Balaban J connectivity index is 2.12. The molecule has 1 aliphatic heterocycles. The Morgan fingerprint density at radius 2 is 1.95 bits per heavy atom. The van der Waals surface area contributed by atoms with E-state index in [-0.39, 0.29) is 0 Å². The lowest BCUT2D eigenvalue weighted by Crippen LogP contribution is -2.37. The molecule has 1 unspecified atom stereocenters. The smallest absolute Gasteiger partial charge is 0.0605 e. The summed E-state index contributed by atoms with van der Waals surface area (Å²) in [7, 11) is 1.83. The lowest BCUT2D eigenvalue weighted by atomic mass is 9.99. The van der Waals surface area contributed by atoms with E-state index in [2.05, 4.69) is 48.3 Å². The Hall–Kier alpha value is -1.06. The molecule has 1 N–H and O–H groups in total. The lowest BCUT2D eigenvalue weighted by Gasteiger charge is -2.35. The summed E-state index contributed by atoms with van der Waals surface area (Å²) in [5.41, 5.74) is 2.85. The van der Waals surface area contributed by atoms with Gasteiger partial charge in [0.2, 0.25) is 0 Å². The molecule has 1 saturated heterocycles. The molecule has 0 saturated carbocycles. The van der Waals surface area contributed by atoms with Crippen LogP contribution in [0, 0.1) is 0 Å². The molecular formula is C18H30N2O. The van der Waals surface area contributed by atoms with Crippen LogP contribution in [-0.2, 0) is 4.74 Å². The van der Waals surface area contributed by atoms with E-state index in [0.29, 0.717) is 12.1 Å². The average Bonchev–Trinajstić information content (AvgIpc) is 2.56. The zero-order valence-electron chi connectivity index (χ0n) is 13.8. The minimum Gasteiger partial charge on any atom is -0.381 e. The van der Waals surface area contributed by atoms with Crippen LogP contribution in [0.3, 0.4) is 0 Å². The van der Waals surface area contributed by atoms with Gasteiger partial charge in [-0.05, 0) is 43.9 Å². The summed E-state index contributed by atoms with van der Waals surface area (Å²) in [5, 5.41) is 3.68. The fraction of sp³-hybridized carbons (Fsp3) is 0.667. The average molecular weight is 290 g/mol.